The lowest BCUT2D eigenvalue weighted by molar-refractivity contribution is -0.224. The van der Waals surface area contributed by atoms with Crippen LogP contribution in [0.25, 0.3) is 10.9 Å². The molecule has 2 aliphatic heterocycles. The van der Waals surface area contributed by atoms with Crippen LogP contribution in [0.4, 0.5) is 0 Å². The first-order valence-corrected chi connectivity index (χ1v) is 13.0. The van der Waals surface area contributed by atoms with Crippen LogP contribution in [-0.4, -0.2) is 46.3 Å². The predicted molar refractivity (Wildman–Crippen MR) is 131 cm³/mol. The average molecular weight is 457 g/mol. The van der Waals surface area contributed by atoms with Crippen LogP contribution in [0.3, 0.4) is 0 Å². The van der Waals surface area contributed by atoms with Gasteiger partial charge >= 0.3 is 0 Å². The molecule has 2 N–H and O–H groups in total. The van der Waals surface area contributed by atoms with E-state index in [9.17, 15) is 5.11 Å². The molecule has 3 aliphatic carbocycles. The number of benzene rings is 2. The lowest BCUT2D eigenvalue weighted by atomic mass is 9.45. The summed E-state index contributed by atoms with van der Waals surface area (Å²) in [7, 11) is 0. The fraction of sp³-hybridized carbons (Fsp3) is 0.517. The number of aromatic nitrogens is 1. The van der Waals surface area contributed by atoms with E-state index in [1.807, 2.05) is 6.07 Å². The second-order valence-electron chi connectivity index (χ2n) is 11.4. The van der Waals surface area contributed by atoms with E-state index in [1.54, 1.807) is 0 Å². The number of likely N-dealkylation sites (tertiary alicyclic amines) is 1. The first kappa shape index (κ1) is 19.8. The lowest BCUT2D eigenvalue weighted by Gasteiger charge is -2.67. The normalized spacial score (nSPS) is 35.2. The highest BCUT2D eigenvalue weighted by Crippen LogP contribution is 2.72. The molecule has 3 heterocycles. The summed E-state index contributed by atoms with van der Waals surface area (Å²) in [6.07, 6.45) is 5.52. The molecule has 8 rings (SSSR count). The summed E-state index contributed by atoms with van der Waals surface area (Å²) in [6.45, 7) is 7.30. The molecule has 2 bridgehead atoms. The van der Waals surface area contributed by atoms with Crippen molar-refractivity contribution in [3.63, 3.8) is 0 Å². The molecule has 176 valence electrons. The first-order valence-electron chi connectivity index (χ1n) is 13.0. The van der Waals surface area contributed by atoms with Crippen molar-refractivity contribution in [3.05, 3.63) is 58.8 Å². The minimum Gasteiger partial charge on any atom is -0.504 e. The number of hydrogen-bond acceptors (Lipinski definition) is 4. The molecule has 1 spiro atoms. The third kappa shape index (κ3) is 2.04. The van der Waals surface area contributed by atoms with E-state index < -0.39 is 11.2 Å². The average Bonchev–Trinajstić information content (AvgIpc) is 3.49. The summed E-state index contributed by atoms with van der Waals surface area (Å²) >= 11 is 0. The molecule has 5 nitrogen and oxygen atoms in total. The molecule has 5 heteroatoms. The Labute approximate surface area is 200 Å². The number of rotatable bonds is 4. The highest BCUT2D eigenvalue weighted by molar-refractivity contribution is 5.86. The number of phenolic OH excluding ortho intramolecular Hbond substituents is 1. The molecule has 0 amide bonds. The molecule has 5 aliphatic rings. The molecule has 1 saturated heterocycles. The summed E-state index contributed by atoms with van der Waals surface area (Å²) in [6, 6.07) is 12.9. The maximum atomic E-state index is 11.0. The first-order chi connectivity index (χ1) is 16.5. The number of hydrogen-bond donors (Lipinski definition) is 2. The second-order valence-corrected chi connectivity index (χ2v) is 11.4. The number of aromatic amines is 1. The van der Waals surface area contributed by atoms with Gasteiger partial charge in [0.1, 0.15) is 5.60 Å². The number of H-pyrrole nitrogens is 1. The molecular weight excluding hydrogens is 424 g/mol. The zero-order valence-electron chi connectivity index (χ0n) is 20.0. The summed E-state index contributed by atoms with van der Waals surface area (Å²) in [5.74, 6) is 1.78. The van der Waals surface area contributed by atoms with E-state index >= 15 is 0 Å². The summed E-state index contributed by atoms with van der Waals surface area (Å²) in [5, 5.41) is 12.3. The molecule has 3 aromatic rings. The standard InChI is InChI=1S/C29H32N2O3/c1-3-33-29-15-20-19-6-4-5-7-21(19)30-26(20)27(2)28(29)12-13-31(16-17-8-9-17)23(29)14-18-10-11-22(32)25(34-27)24(18)28/h4-7,10-11,17,23,30,32H,3,8-9,12-16H2,1-2H3/t23?,27-,28-,29+/m0/s1. The third-order valence-corrected chi connectivity index (χ3v) is 9.98. The van der Waals surface area contributed by atoms with Crippen LogP contribution < -0.4 is 4.74 Å². The quantitative estimate of drug-likeness (QED) is 0.593. The number of piperidine rings is 1. The number of nitrogens with one attached hydrogen (secondary N) is 1. The van der Waals surface area contributed by atoms with E-state index in [2.05, 4.69) is 54.1 Å². The molecule has 0 radical (unpaired) electrons. The van der Waals surface area contributed by atoms with Crippen LogP contribution in [-0.2, 0) is 28.6 Å². The maximum Gasteiger partial charge on any atom is 0.166 e. The number of nitrogens with zero attached hydrogens (tertiary/aromatic N) is 1. The van der Waals surface area contributed by atoms with Crippen molar-refractivity contribution in [1.29, 1.82) is 0 Å². The van der Waals surface area contributed by atoms with E-state index in [0.717, 1.165) is 37.2 Å². The van der Waals surface area contributed by atoms with E-state index in [1.165, 1.54) is 47.2 Å². The number of ether oxygens (including phenoxy) is 2. The van der Waals surface area contributed by atoms with Gasteiger partial charge in [-0.15, -0.1) is 0 Å². The van der Waals surface area contributed by atoms with Gasteiger partial charge in [0, 0.05) is 42.1 Å². The maximum absolute atomic E-state index is 11.0. The number of phenols is 1. The van der Waals surface area contributed by atoms with Gasteiger partial charge in [-0.3, -0.25) is 4.90 Å². The van der Waals surface area contributed by atoms with E-state index in [4.69, 9.17) is 9.47 Å². The minimum atomic E-state index is -0.630. The fourth-order valence-corrected chi connectivity index (χ4v) is 8.59. The third-order valence-electron chi connectivity index (χ3n) is 9.98. The SMILES string of the molecule is CCO[C@@]12Cc3c([nH]c4ccccc34)[C@]3(C)Oc4c(O)ccc5c4[C@@]31CCN(CC1CC1)C2C5. The number of fused-ring (bicyclic) bond motifs is 4. The van der Waals surface area contributed by atoms with Gasteiger partial charge in [-0.25, -0.2) is 0 Å². The van der Waals surface area contributed by atoms with Gasteiger partial charge in [0.15, 0.2) is 17.1 Å². The molecule has 2 aromatic carbocycles. The molecule has 34 heavy (non-hydrogen) atoms. The van der Waals surface area contributed by atoms with Crippen molar-refractivity contribution in [2.75, 3.05) is 19.7 Å². The topological polar surface area (TPSA) is 57.7 Å². The van der Waals surface area contributed by atoms with E-state index in [0.29, 0.717) is 18.4 Å². The Hall–Kier alpha value is -2.50. The Morgan fingerprint density at radius 2 is 2.06 bits per heavy atom. The summed E-state index contributed by atoms with van der Waals surface area (Å²) in [5.41, 5.74) is 4.84. The van der Waals surface area contributed by atoms with Gasteiger partial charge in [-0.2, -0.15) is 0 Å². The zero-order chi connectivity index (χ0) is 22.9. The van der Waals surface area contributed by atoms with Crippen LogP contribution >= 0.6 is 0 Å². The molecule has 1 saturated carbocycles. The lowest BCUT2D eigenvalue weighted by Crippen LogP contribution is -2.79. The van der Waals surface area contributed by atoms with Crippen LogP contribution in [0.1, 0.15) is 55.5 Å². The Bertz CT molecular complexity index is 1360. The predicted octanol–water partition coefficient (Wildman–Crippen LogP) is 4.79. The van der Waals surface area contributed by atoms with Crippen molar-refractivity contribution in [3.8, 4) is 11.5 Å². The van der Waals surface area contributed by atoms with Gasteiger partial charge < -0.3 is 19.6 Å². The van der Waals surface area contributed by atoms with Crippen molar-refractivity contribution < 1.29 is 14.6 Å². The second kappa shape index (κ2) is 6.19. The molecular formula is C29H32N2O3. The zero-order valence-corrected chi connectivity index (χ0v) is 20.0. The Balaban J connectivity index is 1.47. The van der Waals surface area contributed by atoms with Gasteiger partial charge in [-0.1, -0.05) is 24.3 Å². The fourth-order valence-electron chi connectivity index (χ4n) is 8.59. The monoisotopic (exact) mass is 456 g/mol. The van der Waals surface area contributed by atoms with Crippen molar-refractivity contribution in [1.82, 2.24) is 9.88 Å². The summed E-state index contributed by atoms with van der Waals surface area (Å²) < 4.78 is 14.1. The summed E-state index contributed by atoms with van der Waals surface area (Å²) in [4.78, 5) is 6.54. The van der Waals surface area contributed by atoms with Crippen LogP contribution in [0.5, 0.6) is 11.5 Å². The van der Waals surface area contributed by atoms with Gasteiger partial charge in [-0.05, 0) is 75.3 Å². The van der Waals surface area contributed by atoms with Crippen molar-refractivity contribution >= 4 is 10.9 Å². The Morgan fingerprint density at radius 1 is 1.21 bits per heavy atom. The highest BCUT2D eigenvalue weighted by Gasteiger charge is 2.78. The number of aromatic hydroxyl groups is 1. The van der Waals surface area contributed by atoms with Crippen LogP contribution in [0.15, 0.2) is 36.4 Å². The molecule has 1 aromatic heterocycles. The van der Waals surface area contributed by atoms with E-state index in [-0.39, 0.29) is 11.2 Å². The smallest absolute Gasteiger partial charge is 0.166 e. The molecule has 2 fully saturated rings. The van der Waals surface area contributed by atoms with Gasteiger partial charge in [0.05, 0.1) is 11.1 Å². The van der Waals surface area contributed by atoms with Crippen LogP contribution in [0, 0.1) is 5.92 Å². The Kier molecular flexibility index (Phi) is 3.60. The largest absolute Gasteiger partial charge is 0.504 e. The number of para-hydroxylation sites is 1. The minimum absolute atomic E-state index is 0.255. The molecule has 1 unspecified atom stereocenters. The molecule has 4 atom stereocenters. The van der Waals surface area contributed by atoms with Crippen molar-refractivity contribution in [2.45, 2.75) is 68.6 Å². The highest BCUT2D eigenvalue weighted by atomic mass is 16.5. The van der Waals surface area contributed by atoms with Gasteiger partial charge in [0.2, 0.25) is 0 Å². The van der Waals surface area contributed by atoms with Crippen molar-refractivity contribution in [2.24, 2.45) is 5.92 Å². The van der Waals surface area contributed by atoms with Crippen LogP contribution in [0.2, 0.25) is 0 Å². The van der Waals surface area contributed by atoms with Gasteiger partial charge in [0.25, 0.3) is 0 Å². The Morgan fingerprint density at radius 3 is 2.88 bits per heavy atom.